The number of β-lactam (4-membered cyclic amide) rings is 1. The second kappa shape index (κ2) is 2.26. The third-order valence-corrected chi connectivity index (χ3v) is 1.56. The van der Waals surface area contributed by atoms with Crippen LogP contribution in [0.15, 0.2) is 0 Å². The molecular weight excluding hydrogens is 136 g/mol. The zero-order valence-corrected chi connectivity index (χ0v) is 5.20. The molecule has 0 aromatic rings. The molecule has 0 spiro atoms. The van der Waals surface area contributed by atoms with E-state index in [9.17, 15) is 9.59 Å². The van der Waals surface area contributed by atoms with E-state index in [4.69, 9.17) is 10.8 Å². The number of amides is 1. The highest BCUT2D eigenvalue weighted by atomic mass is 16.4. The van der Waals surface area contributed by atoms with Crippen molar-refractivity contribution in [3.8, 4) is 0 Å². The molecule has 56 valence electrons. The Hall–Kier alpha value is -1.10. The Balaban J connectivity index is 2.53. The first-order chi connectivity index (χ1) is 4.66. The van der Waals surface area contributed by atoms with Crippen molar-refractivity contribution < 1.29 is 14.7 Å². The summed E-state index contributed by atoms with van der Waals surface area (Å²) >= 11 is 0. The van der Waals surface area contributed by atoms with E-state index in [0.29, 0.717) is 0 Å². The number of hydrogen-bond donors (Lipinski definition) is 3. The molecule has 1 rings (SSSR count). The second-order valence-corrected chi connectivity index (χ2v) is 2.17. The average Bonchev–Trinajstić information content (AvgIpc) is 1.83. The minimum absolute atomic E-state index is 0.100. The van der Waals surface area contributed by atoms with Crippen LogP contribution in [0.1, 0.15) is 0 Å². The number of carbonyl (C=O) groups excluding carboxylic acids is 1. The molecule has 5 nitrogen and oxygen atoms in total. The topological polar surface area (TPSA) is 92.4 Å². The van der Waals surface area contributed by atoms with E-state index in [1.54, 1.807) is 0 Å². The lowest BCUT2D eigenvalue weighted by Crippen LogP contribution is -2.64. The Morgan fingerprint density at radius 3 is 2.60 bits per heavy atom. The number of hydrogen-bond acceptors (Lipinski definition) is 3. The van der Waals surface area contributed by atoms with Crippen molar-refractivity contribution in [1.29, 1.82) is 0 Å². The summed E-state index contributed by atoms with van der Waals surface area (Å²) in [5.74, 6) is -1.82. The van der Waals surface area contributed by atoms with Crippen LogP contribution >= 0.6 is 0 Å². The summed E-state index contributed by atoms with van der Waals surface area (Å²) in [5.41, 5.74) is 5.13. The molecule has 5 heteroatoms. The molecule has 1 amide bonds. The second-order valence-electron chi connectivity index (χ2n) is 2.17. The lowest BCUT2D eigenvalue weighted by atomic mass is 9.91. The highest BCUT2D eigenvalue weighted by molar-refractivity contribution is 5.96. The molecular formula is C5H8N2O3. The molecule has 4 N–H and O–H groups in total. The molecule has 2 unspecified atom stereocenters. The molecule has 1 heterocycles. The largest absolute Gasteiger partial charge is 0.480 e. The molecule has 2 atom stereocenters. The maximum atomic E-state index is 10.5. The predicted molar refractivity (Wildman–Crippen MR) is 32.1 cm³/mol. The molecule has 0 bridgehead atoms. The van der Waals surface area contributed by atoms with Gasteiger partial charge in [-0.3, -0.25) is 4.79 Å². The van der Waals surface area contributed by atoms with Crippen molar-refractivity contribution in [2.75, 3.05) is 6.54 Å². The van der Waals surface area contributed by atoms with Gasteiger partial charge >= 0.3 is 5.97 Å². The molecule has 1 aliphatic heterocycles. The lowest BCUT2D eigenvalue weighted by Gasteiger charge is -2.32. The van der Waals surface area contributed by atoms with Gasteiger partial charge < -0.3 is 16.2 Å². The number of aliphatic carboxylic acids is 1. The summed E-state index contributed by atoms with van der Waals surface area (Å²) in [7, 11) is 0. The van der Waals surface area contributed by atoms with E-state index >= 15 is 0 Å². The van der Waals surface area contributed by atoms with Crippen molar-refractivity contribution in [2.45, 2.75) is 6.04 Å². The number of nitrogens with one attached hydrogen (secondary N) is 1. The monoisotopic (exact) mass is 144 g/mol. The van der Waals surface area contributed by atoms with Crippen LogP contribution in [0.4, 0.5) is 0 Å². The summed E-state index contributed by atoms with van der Waals surface area (Å²) in [6.07, 6.45) is 0. The van der Waals surface area contributed by atoms with Gasteiger partial charge in [-0.1, -0.05) is 0 Å². The Morgan fingerprint density at radius 1 is 1.80 bits per heavy atom. The molecule has 0 aromatic carbocycles. The fourth-order valence-electron chi connectivity index (χ4n) is 0.893. The number of carbonyl (C=O) groups is 2. The van der Waals surface area contributed by atoms with Crippen molar-refractivity contribution in [3.05, 3.63) is 0 Å². The van der Waals surface area contributed by atoms with Gasteiger partial charge in [0.05, 0.1) is 5.92 Å². The van der Waals surface area contributed by atoms with E-state index in [1.807, 2.05) is 0 Å². The highest BCUT2D eigenvalue weighted by Gasteiger charge is 2.42. The van der Waals surface area contributed by atoms with Gasteiger partial charge in [-0.25, -0.2) is 4.79 Å². The summed E-state index contributed by atoms with van der Waals surface area (Å²) in [6.45, 7) is 0.100. The van der Waals surface area contributed by atoms with Crippen LogP contribution in [0.3, 0.4) is 0 Å². The average molecular weight is 144 g/mol. The number of carboxylic acid groups (broad SMARTS) is 1. The Labute approximate surface area is 57.2 Å². The van der Waals surface area contributed by atoms with Gasteiger partial charge in [0.1, 0.15) is 6.04 Å². The number of rotatable bonds is 2. The first-order valence-corrected chi connectivity index (χ1v) is 2.90. The van der Waals surface area contributed by atoms with Crippen LogP contribution < -0.4 is 11.1 Å². The first-order valence-electron chi connectivity index (χ1n) is 2.90. The Bertz CT molecular complexity index is 172. The Morgan fingerprint density at radius 2 is 2.40 bits per heavy atom. The highest BCUT2D eigenvalue weighted by Crippen LogP contribution is 2.12. The first kappa shape index (κ1) is 7.01. The molecule has 0 aliphatic carbocycles. The van der Waals surface area contributed by atoms with E-state index in [1.165, 1.54) is 0 Å². The van der Waals surface area contributed by atoms with Crippen molar-refractivity contribution in [3.63, 3.8) is 0 Å². The third kappa shape index (κ3) is 0.841. The van der Waals surface area contributed by atoms with Gasteiger partial charge in [0.25, 0.3) is 0 Å². The lowest BCUT2D eigenvalue weighted by molar-refractivity contribution is -0.152. The fraction of sp³-hybridized carbons (Fsp3) is 0.600. The van der Waals surface area contributed by atoms with Gasteiger partial charge in [-0.2, -0.15) is 0 Å². The van der Waals surface area contributed by atoms with Crippen molar-refractivity contribution in [1.82, 2.24) is 5.32 Å². The van der Waals surface area contributed by atoms with Gasteiger partial charge in [0.2, 0.25) is 5.91 Å². The maximum absolute atomic E-state index is 10.5. The van der Waals surface area contributed by atoms with Crippen LogP contribution in [0, 0.1) is 5.92 Å². The maximum Gasteiger partial charge on any atom is 0.327 e. The minimum atomic E-state index is -1.02. The van der Waals surface area contributed by atoms with E-state index in [2.05, 4.69) is 5.32 Å². The summed E-state index contributed by atoms with van der Waals surface area (Å²) < 4.78 is 0. The quantitative estimate of drug-likeness (QED) is 0.396. The van der Waals surface area contributed by atoms with E-state index in [0.717, 1.165) is 0 Å². The minimum Gasteiger partial charge on any atom is -0.480 e. The third-order valence-electron chi connectivity index (χ3n) is 1.56. The zero-order valence-electron chi connectivity index (χ0n) is 5.20. The van der Waals surface area contributed by atoms with Crippen LogP contribution in [0.5, 0.6) is 0 Å². The predicted octanol–water partition coefficient (Wildman–Crippen LogP) is -1.86. The zero-order chi connectivity index (χ0) is 7.72. The Kier molecular flexibility index (Phi) is 1.58. The molecule has 0 saturated carbocycles. The summed E-state index contributed by atoms with van der Waals surface area (Å²) in [4.78, 5) is 20.7. The van der Waals surface area contributed by atoms with Crippen molar-refractivity contribution in [2.24, 2.45) is 11.7 Å². The molecule has 0 radical (unpaired) electrons. The fourth-order valence-corrected chi connectivity index (χ4v) is 0.893. The normalized spacial score (nSPS) is 30.7. The van der Waals surface area contributed by atoms with Gasteiger partial charge in [0, 0.05) is 6.54 Å². The molecule has 10 heavy (non-hydrogen) atoms. The number of nitrogens with two attached hydrogens (primary N) is 1. The smallest absolute Gasteiger partial charge is 0.327 e. The summed E-state index contributed by atoms with van der Waals surface area (Å²) in [6, 6.07) is -0.766. The van der Waals surface area contributed by atoms with Gasteiger partial charge in [-0.15, -0.1) is 0 Å². The van der Waals surface area contributed by atoms with Crippen molar-refractivity contribution >= 4 is 11.9 Å². The van der Waals surface area contributed by atoms with Gasteiger partial charge in [0.15, 0.2) is 0 Å². The SMILES string of the molecule is NCC1C(=O)NC1C(=O)O. The summed E-state index contributed by atoms with van der Waals surface area (Å²) in [5, 5.41) is 10.6. The number of carboxylic acids is 1. The van der Waals surface area contributed by atoms with E-state index in [-0.39, 0.29) is 12.5 Å². The molecule has 0 aromatic heterocycles. The molecule has 1 saturated heterocycles. The van der Waals surface area contributed by atoms with Crippen LogP contribution in [0.25, 0.3) is 0 Å². The van der Waals surface area contributed by atoms with Crippen LogP contribution in [0.2, 0.25) is 0 Å². The molecule has 1 aliphatic rings. The standard InChI is InChI=1S/C5H8N2O3/c6-1-2-3(5(9)10)7-4(2)8/h2-3H,1,6H2,(H,7,8)(H,9,10). The van der Waals surface area contributed by atoms with Crippen LogP contribution in [-0.4, -0.2) is 29.6 Å². The van der Waals surface area contributed by atoms with Gasteiger partial charge in [-0.05, 0) is 0 Å². The van der Waals surface area contributed by atoms with Crippen LogP contribution in [-0.2, 0) is 9.59 Å². The molecule has 1 fully saturated rings. The van der Waals surface area contributed by atoms with E-state index < -0.39 is 17.9 Å².